The van der Waals surface area contributed by atoms with Gasteiger partial charge in [0, 0.05) is 13.0 Å². The molecule has 0 saturated heterocycles. The topological polar surface area (TPSA) is 114 Å². The van der Waals surface area contributed by atoms with E-state index in [9.17, 15) is 9.60 Å². The summed E-state index contributed by atoms with van der Waals surface area (Å²) in [5.74, 6) is -0.571. The smallest absolute Gasteiger partial charge is 0.181 e. The normalized spacial score (nSPS) is 11.7. The maximum Gasteiger partial charge on any atom is 0.181 e. The number of aromatic nitrogens is 5. The monoisotopic (exact) mass is 351 g/mol. The van der Waals surface area contributed by atoms with Gasteiger partial charge in [-0.1, -0.05) is 16.8 Å². The van der Waals surface area contributed by atoms with E-state index in [1.54, 1.807) is 11.0 Å². The van der Waals surface area contributed by atoms with Crippen LogP contribution in [0.25, 0.3) is 0 Å². The third kappa shape index (κ3) is 3.55. The average Bonchev–Trinajstić information content (AvgIpc) is 3.25. The van der Waals surface area contributed by atoms with Crippen LogP contribution < -0.4 is 5.48 Å². The molecule has 0 fully saturated rings. The highest BCUT2D eigenvalue weighted by Crippen LogP contribution is 2.22. The van der Waals surface area contributed by atoms with E-state index in [0.29, 0.717) is 24.3 Å². The van der Waals surface area contributed by atoms with Gasteiger partial charge in [-0.2, -0.15) is 5.10 Å². The Balaban J connectivity index is 1.84. The Labute approximate surface area is 139 Å². The maximum absolute atomic E-state index is 13.2. The molecule has 0 radical (unpaired) electrons. The minimum absolute atomic E-state index is 0.00693. The van der Waals surface area contributed by atoms with Crippen molar-refractivity contribution in [3.8, 4) is 0 Å². The van der Waals surface area contributed by atoms with Gasteiger partial charge in [-0.05, 0) is 23.4 Å². The van der Waals surface area contributed by atoms with Crippen LogP contribution >= 0.6 is 11.6 Å². The number of hydroxylamine groups is 1. The lowest BCUT2D eigenvalue weighted by Crippen LogP contribution is -2.22. The predicted octanol–water partition coefficient (Wildman–Crippen LogP) is 1.75. The lowest BCUT2D eigenvalue weighted by atomic mass is 10.2. The SMILES string of the molecule is ONC(=Nc1ccc(F)c(Cl)c1)c1nonc1CCn1cncn1. The van der Waals surface area contributed by atoms with E-state index in [0.717, 1.165) is 0 Å². The van der Waals surface area contributed by atoms with Gasteiger partial charge in [-0.25, -0.2) is 19.0 Å². The summed E-state index contributed by atoms with van der Waals surface area (Å²) >= 11 is 5.71. The molecule has 0 aliphatic rings. The molecule has 9 nitrogen and oxygen atoms in total. The van der Waals surface area contributed by atoms with E-state index in [2.05, 4.69) is 25.4 Å². The van der Waals surface area contributed by atoms with Gasteiger partial charge >= 0.3 is 0 Å². The number of nitrogens with zero attached hydrogens (tertiary/aromatic N) is 6. The zero-order chi connectivity index (χ0) is 16.9. The number of amidine groups is 1. The molecule has 0 aliphatic carbocycles. The molecule has 0 bridgehead atoms. The molecule has 0 unspecified atom stereocenters. The van der Waals surface area contributed by atoms with E-state index in [-0.39, 0.29) is 16.6 Å². The third-order valence-electron chi connectivity index (χ3n) is 3.08. The molecule has 11 heteroatoms. The second-order valence-electron chi connectivity index (χ2n) is 4.64. The van der Waals surface area contributed by atoms with Crippen LogP contribution in [-0.2, 0) is 13.0 Å². The molecule has 0 amide bonds. The number of benzene rings is 1. The van der Waals surface area contributed by atoms with Crippen LogP contribution in [0.5, 0.6) is 0 Å². The number of hydrogen-bond donors (Lipinski definition) is 2. The van der Waals surface area contributed by atoms with Crippen molar-refractivity contribution < 1.29 is 14.2 Å². The molecule has 0 saturated carbocycles. The molecule has 3 rings (SSSR count). The highest BCUT2D eigenvalue weighted by atomic mass is 35.5. The van der Waals surface area contributed by atoms with Crippen molar-refractivity contribution in [2.45, 2.75) is 13.0 Å². The number of aliphatic imine (C=N–C) groups is 1. The van der Waals surface area contributed by atoms with Crippen LogP contribution in [0.3, 0.4) is 0 Å². The van der Waals surface area contributed by atoms with Gasteiger partial charge in [-0.3, -0.25) is 15.4 Å². The Kier molecular flexibility index (Phi) is 4.77. The fraction of sp³-hybridized carbons (Fsp3) is 0.154. The first-order valence-corrected chi connectivity index (χ1v) is 7.13. The van der Waals surface area contributed by atoms with Crippen molar-refractivity contribution in [3.05, 3.63) is 53.1 Å². The zero-order valence-electron chi connectivity index (χ0n) is 12.1. The lowest BCUT2D eigenvalue weighted by molar-refractivity contribution is 0.234. The van der Waals surface area contributed by atoms with Crippen LogP contribution in [-0.4, -0.2) is 36.1 Å². The summed E-state index contributed by atoms with van der Waals surface area (Å²) in [6.07, 6.45) is 3.41. The minimum Gasteiger partial charge on any atom is -0.290 e. The van der Waals surface area contributed by atoms with Gasteiger partial charge in [0.2, 0.25) is 0 Å². The molecule has 3 aromatic rings. The summed E-state index contributed by atoms with van der Waals surface area (Å²) in [6.45, 7) is 0.488. The summed E-state index contributed by atoms with van der Waals surface area (Å²) < 4.78 is 19.5. The second kappa shape index (κ2) is 7.15. The Morgan fingerprint density at radius 2 is 2.29 bits per heavy atom. The summed E-state index contributed by atoms with van der Waals surface area (Å²) in [4.78, 5) is 7.97. The number of rotatable bonds is 5. The van der Waals surface area contributed by atoms with Crippen LogP contribution in [0.15, 0.2) is 40.5 Å². The van der Waals surface area contributed by atoms with Crippen molar-refractivity contribution in [1.82, 2.24) is 30.6 Å². The van der Waals surface area contributed by atoms with Crippen LogP contribution in [0.4, 0.5) is 10.1 Å². The molecular weight excluding hydrogens is 341 g/mol. The van der Waals surface area contributed by atoms with Crippen molar-refractivity contribution in [3.63, 3.8) is 0 Å². The second-order valence-corrected chi connectivity index (χ2v) is 5.05. The molecule has 124 valence electrons. The largest absolute Gasteiger partial charge is 0.290 e. The van der Waals surface area contributed by atoms with E-state index < -0.39 is 5.82 Å². The molecule has 2 aromatic heterocycles. The van der Waals surface area contributed by atoms with Gasteiger partial charge < -0.3 is 0 Å². The predicted molar refractivity (Wildman–Crippen MR) is 80.6 cm³/mol. The zero-order valence-corrected chi connectivity index (χ0v) is 12.9. The highest BCUT2D eigenvalue weighted by Gasteiger charge is 2.16. The number of nitrogens with one attached hydrogen (secondary N) is 1. The molecule has 2 N–H and O–H groups in total. The Bertz CT molecular complexity index is 850. The van der Waals surface area contributed by atoms with Gasteiger partial charge in [0.25, 0.3) is 0 Å². The molecule has 0 atom stereocenters. The number of halogens is 2. The number of hydrogen-bond acceptors (Lipinski definition) is 7. The molecule has 24 heavy (non-hydrogen) atoms. The Hall–Kier alpha value is -2.85. The van der Waals surface area contributed by atoms with Crippen molar-refractivity contribution in [1.29, 1.82) is 0 Å². The van der Waals surface area contributed by atoms with Crippen LogP contribution in [0.1, 0.15) is 11.4 Å². The minimum atomic E-state index is -0.564. The molecule has 0 spiro atoms. The first-order chi connectivity index (χ1) is 11.7. The Morgan fingerprint density at radius 3 is 3.00 bits per heavy atom. The fourth-order valence-electron chi connectivity index (χ4n) is 1.93. The van der Waals surface area contributed by atoms with Crippen molar-refractivity contribution in [2.24, 2.45) is 4.99 Å². The summed E-state index contributed by atoms with van der Waals surface area (Å²) in [7, 11) is 0. The van der Waals surface area contributed by atoms with Crippen LogP contribution in [0, 0.1) is 5.82 Å². The van der Waals surface area contributed by atoms with Gasteiger partial charge in [-0.15, -0.1) is 0 Å². The summed E-state index contributed by atoms with van der Waals surface area (Å²) in [5.41, 5.74) is 2.94. The third-order valence-corrected chi connectivity index (χ3v) is 3.36. The lowest BCUT2D eigenvalue weighted by Gasteiger charge is -2.04. The van der Waals surface area contributed by atoms with Gasteiger partial charge in [0.15, 0.2) is 11.5 Å². The molecule has 1 aromatic carbocycles. The molecular formula is C13H11ClFN7O2. The molecule has 2 heterocycles. The van der Waals surface area contributed by atoms with Crippen LogP contribution in [0.2, 0.25) is 5.02 Å². The quantitative estimate of drug-likeness (QED) is 0.409. The van der Waals surface area contributed by atoms with Gasteiger partial charge in [0.05, 0.1) is 10.7 Å². The van der Waals surface area contributed by atoms with E-state index in [4.69, 9.17) is 16.2 Å². The first-order valence-electron chi connectivity index (χ1n) is 6.75. The summed E-state index contributed by atoms with van der Waals surface area (Å²) in [5, 5.41) is 20.8. The van der Waals surface area contributed by atoms with E-state index in [1.807, 2.05) is 5.48 Å². The highest BCUT2D eigenvalue weighted by molar-refractivity contribution is 6.31. The van der Waals surface area contributed by atoms with Crippen molar-refractivity contribution in [2.75, 3.05) is 0 Å². The first kappa shape index (κ1) is 16.0. The standard InChI is InChI=1S/C13H11ClFN7O2/c14-9-5-8(1-2-10(9)15)18-13(19-23)12-11(20-24-21-12)3-4-22-7-16-6-17-22/h1-2,5-7,23H,3-4H2,(H,18,19). The summed E-state index contributed by atoms with van der Waals surface area (Å²) in [6, 6.07) is 3.89. The molecule has 0 aliphatic heterocycles. The van der Waals surface area contributed by atoms with Crippen molar-refractivity contribution >= 4 is 23.1 Å². The van der Waals surface area contributed by atoms with E-state index >= 15 is 0 Å². The fourth-order valence-corrected chi connectivity index (χ4v) is 2.11. The maximum atomic E-state index is 13.2. The Morgan fingerprint density at radius 1 is 1.42 bits per heavy atom. The van der Waals surface area contributed by atoms with Gasteiger partial charge in [0.1, 0.15) is 24.2 Å². The number of aryl methyl sites for hydroxylation is 2. The average molecular weight is 352 g/mol. The van der Waals surface area contributed by atoms with E-state index in [1.165, 1.54) is 24.5 Å².